The maximum atomic E-state index is 5.62. The number of pyridine rings is 1. The van der Waals surface area contributed by atoms with Gasteiger partial charge in [-0.15, -0.1) is 11.8 Å². The molecule has 0 fully saturated rings. The summed E-state index contributed by atoms with van der Waals surface area (Å²) in [5, 5.41) is 0. The summed E-state index contributed by atoms with van der Waals surface area (Å²) < 4.78 is 0. The van der Waals surface area contributed by atoms with Gasteiger partial charge >= 0.3 is 0 Å². The fourth-order valence-electron chi connectivity index (χ4n) is 1.43. The molecule has 0 unspecified atom stereocenters. The summed E-state index contributed by atoms with van der Waals surface area (Å²) in [6.45, 7) is 2.07. The van der Waals surface area contributed by atoms with Gasteiger partial charge in [-0.25, -0.2) is 4.98 Å². The van der Waals surface area contributed by atoms with Crippen molar-refractivity contribution in [2.75, 3.05) is 5.73 Å². The fraction of sp³-hybridized carbons (Fsp3) is 0.154. The molecule has 0 aliphatic carbocycles. The van der Waals surface area contributed by atoms with Crippen molar-refractivity contribution in [1.82, 2.24) is 4.98 Å². The van der Waals surface area contributed by atoms with E-state index in [1.54, 1.807) is 0 Å². The van der Waals surface area contributed by atoms with Crippen LogP contribution in [0.5, 0.6) is 0 Å². The summed E-state index contributed by atoms with van der Waals surface area (Å²) in [6.07, 6.45) is 1.86. The molecule has 0 aliphatic rings. The number of anilines is 1. The van der Waals surface area contributed by atoms with Gasteiger partial charge in [0.25, 0.3) is 0 Å². The average molecular weight is 230 g/mol. The Kier molecular flexibility index (Phi) is 3.47. The lowest BCUT2D eigenvalue weighted by atomic mass is 10.2. The zero-order valence-corrected chi connectivity index (χ0v) is 10.00. The Morgan fingerprint density at radius 2 is 2.00 bits per heavy atom. The maximum Gasteiger partial charge on any atom is 0.123 e. The first-order valence-electron chi connectivity index (χ1n) is 5.14. The molecular formula is C13H14N2S. The Morgan fingerprint density at radius 1 is 1.25 bits per heavy atom. The number of benzene rings is 1. The minimum atomic E-state index is 0.589. The van der Waals surface area contributed by atoms with Crippen molar-refractivity contribution in [2.24, 2.45) is 0 Å². The Morgan fingerprint density at radius 3 is 2.69 bits per heavy atom. The van der Waals surface area contributed by atoms with Gasteiger partial charge in [-0.2, -0.15) is 0 Å². The summed E-state index contributed by atoms with van der Waals surface area (Å²) >= 11 is 1.81. The molecule has 2 aromatic rings. The monoisotopic (exact) mass is 230 g/mol. The van der Waals surface area contributed by atoms with Gasteiger partial charge in [0.05, 0.1) is 0 Å². The zero-order chi connectivity index (χ0) is 11.4. The molecule has 1 aromatic carbocycles. The van der Waals surface area contributed by atoms with E-state index in [9.17, 15) is 0 Å². The summed E-state index contributed by atoms with van der Waals surface area (Å²) in [5.74, 6) is 1.52. The summed E-state index contributed by atoms with van der Waals surface area (Å²) in [5.41, 5.74) is 8.06. The van der Waals surface area contributed by atoms with Crippen LogP contribution >= 0.6 is 11.8 Å². The first-order chi connectivity index (χ1) is 7.75. The van der Waals surface area contributed by atoms with Crippen LogP contribution in [0.4, 0.5) is 5.82 Å². The van der Waals surface area contributed by atoms with Crippen LogP contribution in [0.25, 0.3) is 0 Å². The third kappa shape index (κ3) is 2.76. The van der Waals surface area contributed by atoms with Crippen molar-refractivity contribution < 1.29 is 0 Å². The number of hydrogen-bond acceptors (Lipinski definition) is 3. The highest BCUT2D eigenvalue weighted by Gasteiger charge is 2.00. The summed E-state index contributed by atoms with van der Waals surface area (Å²) in [7, 11) is 0. The van der Waals surface area contributed by atoms with Gasteiger partial charge in [0.2, 0.25) is 0 Å². The van der Waals surface area contributed by atoms with E-state index in [1.165, 1.54) is 16.0 Å². The van der Waals surface area contributed by atoms with E-state index in [1.807, 2.05) is 30.1 Å². The van der Waals surface area contributed by atoms with Crippen LogP contribution in [0.3, 0.4) is 0 Å². The molecular weight excluding hydrogens is 216 g/mol. The van der Waals surface area contributed by atoms with E-state index in [4.69, 9.17) is 5.73 Å². The van der Waals surface area contributed by atoms with Crippen LogP contribution in [0.15, 0.2) is 47.5 Å². The number of aryl methyl sites for hydroxylation is 1. The van der Waals surface area contributed by atoms with Crippen molar-refractivity contribution >= 4 is 17.6 Å². The number of nitrogens with two attached hydrogens (primary N) is 1. The molecule has 3 heteroatoms. The molecule has 0 spiro atoms. The van der Waals surface area contributed by atoms with Crippen LogP contribution in [0.2, 0.25) is 0 Å². The lowest BCUT2D eigenvalue weighted by Crippen LogP contribution is -1.94. The van der Waals surface area contributed by atoms with Crippen LogP contribution in [-0.4, -0.2) is 4.98 Å². The molecule has 16 heavy (non-hydrogen) atoms. The van der Waals surface area contributed by atoms with Crippen molar-refractivity contribution in [1.29, 1.82) is 0 Å². The number of aromatic nitrogens is 1. The van der Waals surface area contributed by atoms with E-state index in [-0.39, 0.29) is 0 Å². The van der Waals surface area contributed by atoms with Gasteiger partial charge in [0.15, 0.2) is 0 Å². The highest BCUT2D eigenvalue weighted by Crippen LogP contribution is 2.23. The Labute approximate surface area is 99.9 Å². The second-order valence-corrected chi connectivity index (χ2v) is 4.69. The molecule has 0 atom stereocenters. The molecule has 82 valence electrons. The lowest BCUT2D eigenvalue weighted by molar-refractivity contribution is 1.20. The Balaban J connectivity index is 2.05. The van der Waals surface area contributed by atoms with Gasteiger partial charge in [-0.1, -0.05) is 18.2 Å². The smallest absolute Gasteiger partial charge is 0.123 e. The molecule has 0 aliphatic heterocycles. The Bertz CT molecular complexity index is 469. The van der Waals surface area contributed by atoms with Crippen LogP contribution in [0, 0.1) is 6.92 Å². The van der Waals surface area contributed by atoms with Gasteiger partial charge in [0, 0.05) is 16.8 Å². The molecule has 1 heterocycles. The Hall–Kier alpha value is -1.48. The molecule has 2 rings (SSSR count). The number of nitrogens with zero attached hydrogens (tertiary/aromatic N) is 1. The maximum absolute atomic E-state index is 5.62. The molecule has 0 amide bonds. The van der Waals surface area contributed by atoms with Gasteiger partial charge in [-0.05, 0) is 36.2 Å². The van der Waals surface area contributed by atoms with Crippen LogP contribution < -0.4 is 5.73 Å². The highest BCUT2D eigenvalue weighted by molar-refractivity contribution is 7.98. The van der Waals surface area contributed by atoms with Crippen LogP contribution in [0.1, 0.15) is 11.1 Å². The van der Waals surface area contributed by atoms with E-state index in [0.29, 0.717) is 5.82 Å². The molecule has 2 nitrogen and oxygen atoms in total. The fourth-order valence-corrected chi connectivity index (χ4v) is 2.41. The summed E-state index contributed by atoms with van der Waals surface area (Å²) in [6, 6.07) is 12.3. The number of hydrogen-bond donors (Lipinski definition) is 1. The zero-order valence-electron chi connectivity index (χ0n) is 9.18. The molecule has 0 saturated heterocycles. The van der Waals surface area contributed by atoms with Crippen molar-refractivity contribution in [3.8, 4) is 0 Å². The number of thioether (sulfide) groups is 1. The van der Waals surface area contributed by atoms with Gasteiger partial charge in [-0.3, -0.25) is 0 Å². The minimum Gasteiger partial charge on any atom is -0.384 e. The molecule has 0 bridgehead atoms. The SMILES string of the molecule is Cc1cc(N)ncc1CSc1ccccc1. The van der Waals surface area contributed by atoms with Crippen molar-refractivity contribution in [2.45, 2.75) is 17.6 Å². The molecule has 0 saturated carbocycles. The summed E-state index contributed by atoms with van der Waals surface area (Å²) in [4.78, 5) is 5.39. The molecule has 1 aromatic heterocycles. The normalized spacial score (nSPS) is 10.3. The number of nitrogen functional groups attached to an aromatic ring is 1. The second kappa shape index (κ2) is 5.03. The predicted molar refractivity (Wildman–Crippen MR) is 69.4 cm³/mol. The van der Waals surface area contributed by atoms with E-state index in [2.05, 4.69) is 36.2 Å². The van der Waals surface area contributed by atoms with Crippen molar-refractivity contribution in [3.63, 3.8) is 0 Å². The van der Waals surface area contributed by atoms with Crippen molar-refractivity contribution in [3.05, 3.63) is 53.7 Å². The largest absolute Gasteiger partial charge is 0.384 e. The lowest BCUT2D eigenvalue weighted by Gasteiger charge is -2.05. The highest BCUT2D eigenvalue weighted by atomic mass is 32.2. The molecule has 0 radical (unpaired) electrons. The van der Waals surface area contributed by atoms with E-state index in [0.717, 1.165) is 5.75 Å². The van der Waals surface area contributed by atoms with Gasteiger partial charge in [0.1, 0.15) is 5.82 Å². The third-order valence-corrected chi connectivity index (χ3v) is 3.44. The minimum absolute atomic E-state index is 0.589. The topological polar surface area (TPSA) is 38.9 Å². The van der Waals surface area contributed by atoms with E-state index >= 15 is 0 Å². The first kappa shape index (κ1) is 11.0. The standard InChI is InChI=1S/C13H14N2S/c1-10-7-13(14)15-8-11(10)9-16-12-5-3-2-4-6-12/h2-8H,9H2,1H3,(H2,14,15). The predicted octanol–water partition coefficient (Wildman–Crippen LogP) is 3.26. The second-order valence-electron chi connectivity index (χ2n) is 3.64. The third-order valence-electron chi connectivity index (χ3n) is 2.38. The molecule has 2 N–H and O–H groups in total. The first-order valence-corrected chi connectivity index (χ1v) is 6.13. The van der Waals surface area contributed by atoms with E-state index < -0.39 is 0 Å². The van der Waals surface area contributed by atoms with Crippen LogP contribution in [-0.2, 0) is 5.75 Å². The van der Waals surface area contributed by atoms with Gasteiger partial charge < -0.3 is 5.73 Å². The quantitative estimate of drug-likeness (QED) is 0.822. The number of rotatable bonds is 3. The average Bonchev–Trinajstić information content (AvgIpc) is 2.29.